The molecule has 0 atom stereocenters. The molecule has 2 amide bonds. The molecule has 11 heteroatoms. The number of hydrogen-bond acceptors (Lipinski definition) is 7. The van der Waals surface area contributed by atoms with Crippen molar-refractivity contribution in [2.75, 3.05) is 57.8 Å². The molecule has 1 aromatic heterocycles. The average Bonchev–Trinajstić information content (AvgIpc) is 3.30. The summed E-state index contributed by atoms with van der Waals surface area (Å²) in [6.07, 6.45) is 3.53. The van der Waals surface area contributed by atoms with Gasteiger partial charge in [-0.3, -0.25) is 14.5 Å². The van der Waals surface area contributed by atoms with Crippen LogP contribution in [0.2, 0.25) is 0 Å². The Morgan fingerprint density at radius 1 is 1.05 bits per heavy atom. The highest BCUT2D eigenvalue weighted by Gasteiger charge is 2.32. The van der Waals surface area contributed by atoms with Crippen molar-refractivity contribution in [2.24, 2.45) is 0 Å². The first kappa shape index (κ1) is 29.7. The van der Waals surface area contributed by atoms with Crippen LogP contribution in [0.15, 0.2) is 29.2 Å². The standard InChI is InChI=1S/C28H40N4O5S2/c1-4-7-14-32(6-3)39(35,36)22-10-8-21(9-11-22)26(33)29-27-25(28(34)31-16-18-37-19-17-31)23-12-15-30(13-5-2)20-24(23)38-27/h8-11H,4-7,12-20H2,1-3H3,(H,29,33). The Balaban J connectivity index is 1.57. The summed E-state index contributed by atoms with van der Waals surface area (Å²) < 4.78 is 33.0. The predicted octanol–water partition coefficient (Wildman–Crippen LogP) is 4.05. The van der Waals surface area contributed by atoms with E-state index in [2.05, 4.69) is 17.1 Å². The van der Waals surface area contributed by atoms with Crippen molar-refractivity contribution in [3.8, 4) is 0 Å². The van der Waals surface area contributed by atoms with E-state index >= 15 is 0 Å². The van der Waals surface area contributed by atoms with Crippen molar-refractivity contribution < 1.29 is 22.7 Å². The van der Waals surface area contributed by atoms with Crippen LogP contribution in [0, 0.1) is 0 Å². The molecule has 0 bridgehead atoms. The second-order valence-corrected chi connectivity index (χ2v) is 13.0. The molecule has 1 fully saturated rings. The number of sulfonamides is 1. The number of carbonyl (C=O) groups excluding carboxylic acids is 2. The molecule has 9 nitrogen and oxygen atoms in total. The largest absolute Gasteiger partial charge is 0.378 e. The maximum Gasteiger partial charge on any atom is 0.257 e. The number of benzene rings is 1. The average molecular weight is 577 g/mol. The molecule has 0 saturated carbocycles. The minimum absolute atomic E-state index is 0.0665. The van der Waals surface area contributed by atoms with Crippen LogP contribution in [0.4, 0.5) is 5.00 Å². The zero-order valence-electron chi connectivity index (χ0n) is 23.2. The van der Waals surface area contributed by atoms with Gasteiger partial charge in [-0.05, 0) is 55.6 Å². The second kappa shape index (κ2) is 13.4. The number of amides is 2. The topological polar surface area (TPSA) is 99.3 Å². The van der Waals surface area contributed by atoms with Gasteiger partial charge < -0.3 is 15.0 Å². The molecule has 1 aromatic carbocycles. The lowest BCUT2D eigenvalue weighted by Crippen LogP contribution is -2.41. The van der Waals surface area contributed by atoms with E-state index in [4.69, 9.17) is 4.74 Å². The molecular weight excluding hydrogens is 536 g/mol. The van der Waals surface area contributed by atoms with E-state index in [1.54, 1.807) is 4.90 Å². The Morgan fingerprint density at radius 3 is 2.41 bits per heavy atom. The highest BCUT2D eigenvalue weighted by atomic mass is 32.2. The van der Waals surface area contributed by atoms with Crippen molar-refractivity contribution in [1.82, 2.24) is 14.1 Å². The number of ether oxygens (including phenoxy) is 1. The maximum absolute atomic E-state index is 13.6. The lowest BCUT2D eigenvalue weighted by molar-refractivity contribution is 0.0302. The Hall–Kier alpha value is -2.31. The number of nitrogens with zero attached hydrogens (tertiary/aromatic N) is 3. The van der Waals surface area contributed by atoms with Gasteiger partial charge >= 0.3 is 0 Å². The quantitative estimate of drug-likeness (QED) is 0.433. The lowest BCUT2D eigenvalue weighted by atomic mass is 10.0. The van der Waals surface area contributed by atoms with Crippen molar-refractivity contribution in [3.63, 3.8) is 0 Å². The van der Waals surface area contributed by atoms with Gasteiger partial charge in [0, 0.05) is 49.7 Å². The smallest absolute Gasteiger partial charge is 0.257 e. The van der Waals surface area contributed by atoms with E-state index in [-0.39, 0.29) is 16.7 Å². The molecule has 0 unspecified atom stereocenters. The third kappa shape index (κ3) is 6.71. The first-order valence-corrected chi connectivity index (χ1v) is 16.2. The summed E-state index contributed by atoms with van der Waals surface area (Å²) in [6, 6.07) is 6.05. The number of hydrogen-bond donors (Lipinski definition) is 1. The molecule has 39 heavy (non-hydrogen) atoms. The predicted molar refractivity (Wildman–Crippen MR) is 154 cm³/mol. The minimum atomic E-state index is -3.63. The number of morpholine rings is 1. The Bertz CT molecular complexity index is 1250. The zero-order valence-corrected chi connectivity index (χ0v) is 24.8. The molecule has 0 radical (unpaired) electrons. The van der Waals surface area contributed by atoms with Crippen LogP contribution in [-0.4, -0.2) is 86.8 Å². The zero-order chi connectivity index (χ0) is 28.0. The van der Waals surface area contributed by atoms with Gasteiger partial charge in [-0.1, -0.05) is 27.2 Å². The summed E-state index contributed by atoms with van der Waals surface area (Å²) in [5, 5.41) is 3.56. The monoisotopic (exact) mass is 576 g/mol. The number of anilines is 1. The summed E-state index contributed by atoms with van der Waals surface area (Å²) in [5.41, 5.74) is 1.97. The summed E-state index contributed by atoms with van der Waals surface area (Å²) in [6.45, 7) is 11.6. The summed E-state index contributed by atoms with van der Waals surface area (Å²) in [4.78, 5) is 32.4. The first-order valence-electron chi connectivity index (χ1n) is 14.0. The van der Waals surface area contributed by atoms with E-state index in [1.165, 1.54) is 39.9 Å². The van der Waals surface area contributed by atoms with Crippen LogP contribution in [0.25, 0.3) is 0 Å². The number of rotatable bonds is 11. The molecule has 2 aliphatic heterocycles. The van der Waals surface area contributed by atoms with Crippen molar-refractivity contribution in [2.45, 2.75) is 57.9 Å². The maximum atomic E-state index is 13.6. The van der Waals surface area contributed by atoms with Crippen LogP contribution < -0.4 is 5.32 Å². The van der Waals surface area contributed by atoms with Gasteiger partial charge in [0.25, 0.3) is 11.8 Å². The Labute approximate surface area is 236 Å². The van der Waals surface area contributed by atoms with E-state index in [9.17, 15) is 18.0 Å². The Morgan fingerprint density at radius 2 is 1.77 bits per heavy atom. The third-order valence-electron chi connectivity index (χ3n) is 7.28. The number of fused-ring (bicyclic) bond motifs is 1. The molecule has 1 saturated heterocycles. The van der Waals surface area contributed by atoms with Crippen molar-refractivity contribution in [1.29, 1.82) is 0 Å². The molecule has 1 N–H and O–H groups in total. The SMILES string of the molecule is CCCCN(CC)S(=O)(=O)c1ccc(C(=O)Nc2sc3c(c2C(=O)N2CCOCC2)CCN(CCC)C3)cc1. The molecule has 2 aliphatic rings. The normalized spacial score (nSPS) is 16.4. The van der Waals surface area contributed by atoms with Gasteiger partial charge in [-0.2, -0.15) is 4.31 Å². The van der Waals surface area contributed by atoms with E-state index in [1.807, 2.05) is 13.8 Å². The number of nitrogens with one attached hydrogen (secondary N) is 1. The van der Waals surface area contributed by atoms with Crippen LogP contribution >= 0.6 is 11.3 Å². The molecule has 0 spiro atoms. The molecular formula is C28H40N4O5S2. The fraction of sp³-hybridized carbons (Fsp3) is 0.571. The van der Waals surface area contributed by atoms with Gasteiger partial charge in [0.05, 0.1) is 23.7 Å². The second-order valence-electron chi connectivity index (χ2n) is 9.97. The van der Waals surface area contributed by atoms with Crippen LogP contribution in [0.3, 0.4) is 0 Å². The Kier molecular flexibility index (Phi) is 10.2. The van der Waals surface area contributed by atoms with Crippen LogP contribution in [0.1, 0.15) is 71.2 Å². The minimum Gasteiger partial charge on any atom is -0.378 e. The van der Waals surface area contributed by atoms with E-state index in [0.29, 0.717) is 55.5 Å². The lowest BCUT2D eigenvalue weighted by Gasteiger charge is -2.29. The van der Waals surface area contributed by atoms with Gasteiger partial charge in [-0.15, -0.1) is 11.3 Å². The molecule has 2 aromatic rings. The van der Waals surface area contributed by atoms with Crippen molar-refractivity contribution >= 4 is 38.2 Å². The summed E-state index contributed by atoms with van der Waals surface area (Å²) in [5.74, 6) is -0.430. The molecule has 0 aliphatic carbocycles. The van der Waals surface area contributed by atoms with Crippen LogP contribution in [0.5, 0.6) is 0 Å². The number of unbranched alkanes of at least 4 members (excludes halogenated alkanes) is 1. The van der Waals surface area contributed by atoms with Gasteiger partial charge in [0.15, 0.2) is 0 Å². The molecule has 3 heterocycles. The first-order chi connectivity index (χ1) is 18.8. The summed E-state index contributed by atoms with van der Waals surface area (Å²) >= 11 is 1.47. The van der Waals surface area contributed by atoms with Crippen LogP contribution in [-0.2, 0) is 27.7 Å². The highest BCUT2D eigenvalue weighted by molar-refractivity contribution is 7.89. The van der Waals surface area contributed by atoms with Crippen molar-refractivity contribution in [3.05, 3.63) is 45.8 Å². The number of carbonyl (C=O) groups is 2. The van der Waals surface area contributed by atoms with E-state index < -0.39 is 10.0 Å². The molecule has 214 valence electrons. The molecule has 4 rings (SSSR count). The van der Waals surface area contributed by atoms with Gasteiger partial charge in [0.2, 0.25) is 10.0 Å². The van der Waals surface area contributed by atoms with Gasteiger partial charge in [0.1, 0.15) is 5.00 Å². The number of thiophene rings is 1. The fourth-order valence-electron chi connectivity index (χ4n) is 5.09. The van der Waals surface area contributed by atoms with Gasteiger partial charge in [-0.25, -0.2) is 8.42 Å². The fourth-order valence-corrected chi connectivity index (χ4v) is 7.85. The third-order valence-corrected chi connectivity index (χ3v) is 10.4. The van der Waals surface area contributed by atoms with E-state index in [0.717, 1.165) is 55.8 Å². The summed E-state index contributed by atoms with van der Waals surface area (Å²) in [7, 11) is -3.63. The highest BCUT2D eigenvalue weighted by Crippen LogP contribution is 2.38.